The van der Waals surface area contributed by atoms with Gasteiger partial charge in [0.25, 0.3) is 0 Å². The fourth-order valence-corrected chi connectivity index (χ4v) is 6.06. The number of sulfone groups is 2. The Hall–Kier alpha value is -2.64. The largest absolute Gasteiger partial charge is 0.507 e. The molecule has 0 fully saturated rings. The van der Waals surface area contributed by atoms with Crippen LogP contribution in [0.1, 0.15) is 11.1 Å². The second-order valence-corrected chi connectivity index (χ2v) is 9.98. The first kappa shape index (κ1) is 19.1. The highest BCUT2D eigenvalue weighted by atomic mass is 32.2. The standard InChI is InChI=1S/C20H18O5S2/c1-14-8-6-7-11-18(14)27(24,25)19-13-20(17(21)12-15(19)2)26(22,23)16-9-4-3-5-10-16/h3-13,21H,1-2H3. The van der Waals surface area contributed by atoms with Crippen molar-refractivity contribution in [2.24, 2.45) is 0 Å². The van der Waals surface area contributed by atoms with E-state index in [1.807, 2.05) is 0 Å². The summed E-state index contributed by atoms with van der Waals surface area (Å²) < 4.78 is 52.0. The molecule has 0 amide bonds. The van der Waals surface area contributed by atoms with Crippen LogP contribution in [0.25, 0.3) is 0 Å². The van der Waals surface area contributed by atoms with Crippen molar-refractivity contribution in [3.63, 3.8) is 0 Å². The van der Waals surface area contributed by atoms with E-state index in [0.29, 0.717) is 5.56 Å². The Kier molecular flexibility index (Phi) is 4.84. The molecule has 0 radical (unpaired) electrons. The fraction of sp³-hybridized carbons (Fsp3) is 0.100. The summed E-state index contributed by atoms with van der Waals surface area (Å²) in [5, 5.41) is 10.2. The van der Waals surface area contributed by atoms with Gasteiger partial charge in [0, 0.05) is 0 Å². The number of hydrogen-bond donors (Lipinski definition) is 1. The highest BCUT2D eigenvalue weighted by Crippen LogP contribution is 2.35. The Morgan fingerprint density at radius 2 is 1.22 bits per heavy atom. The third-order valence-corrected chi connectivity index (χ3v) is 8.13. The number of phenolic OH excluding ortho intramolecular Hbond substituents is 1. The number of rotatable bonds is 4. The van der Waals surface area contributed by atoms with E-state index < -0.39 is 30.3 Å². The third kappa shape index (κ3) is 3.36. The Balaban J connectivity index is 2.27. The Morgan fingerprint density at radius 3 is 1.85 bits per heavy atom. The summed E-state index contributed by atoms with van der Waals surface area (Å²) in [6, 6.07) is 16.3. The van der Waals surface area contributed by atoms with Crippen LogP contribution >= 0.6 is 0 Å². The first-order valence-electron chi connectivity index (χ1n) is 8.10. The molecular formula is C20H18O5S2. The van der Waals surface area contributed by atoms with Crippen molar-refractivity contribution in [2.45, 2.75) is 33.4 Å². The van der Waals surface area contributed by atoms with E-state index in [0.717, 1.165) is 6.07 Å². The van der Waals surface area contributed by atoms with E-state index in [2.05, 4.69) is 0 Å². The molecule has 0 saturated heterocycles. The average Bonchev–Trinajstić information content (AvgIpc) is 2.62. The maximum Gasteiger partial charge on any atom is 0.210 e. The Labute approximate surface area is 158 Å². The Bertz CT molecular complexity index is 1210. The summed E-state index contributed by atoms with van der Waals surface area (Å²) >= 11 is 0. The van der Waals surface area contributed by atoms with Crippen LogP contribution in [-0.4, -0.2) is 21.9 Å². The SMILES string of the molecule is Cc1ccccc1S(=O)(=O)c1cc(S(=O)(=O)c2ccccc2)c(O)cc1C. The molecule has 3 rings (SSSR count). The monoisotopic (exact) mass is 402 g/mol. The van der Waals surface area contributed by atoms with Crippen molar-refractivity contribution in [3.05, 3.63) is 77.9 Å². The first-order valence-corrected chi connectivity index (χ1v) is 11.1. The van der Waals surface area contributed by atoms with Crippen molar-refractivity contribution in [3.8, 4) is 5.75 Å². The lowest BCUT2D eigenvalue weighted by atomic mass is 10.2. The lowest BCUT2D eigenvalue weighted by Gasteiger charge is -2.14. The van der Waals surface area contributed by atoms with Crippen molar-refractivity contribution in [1.82, 2.24) is 0 Å². The van der Waals surface area contributed by atoms with Gasteiger partial charge in [0.05, 0.1) is 14.7 Å². The maximum atomic E-state index is 13.1. The number of benzene rings is 3. The summed E-state index contributed by atoms with van der Waals surface area (Å²) in [4.78, 5) is -0.513. The molecule has 0 aliphatic rings. The second kappa shape index (κ2) is 6.83. The van der Waals surface area contributed by atoms with Gasteiger partial charge >= 0.3 is 0 Å². The summed E-state index contributed by atoms with van der Waals surface area (Å²) in [5.41, 5.74) is 0.820. The predicted molar refractivity (Wildman–Crippen MR) is 101 cm³/mol. The molecule has 0 aliphatic carbocycles. The molecule has 3 aromatic carbocycles. The summed E-state index contributed by atoms with van der Waals surface area (Å²) in [5.74, 6) is -0.486. The molecule has 0 bridgehead atoms. The van der Waals surface area contributed by atoms with Crippen molar-refractivity contribution < 1.29 is 21.9 Å². The number of aromatic hydroxyl groups is 1. The molecule has 0 spiro atoms. The van der Waals surface area contributed by atoms with E-state index in [4.69, 9.17) is 0 Å². The Morgan fingerprint density at radius 1 is 0.630 bits per heavy atom. The molecule has 0 aliphatic heterocycles. The van der Waals surface area contributed by atoms with Crippen LogP contribution in [0.3, 0.4) is 0 Å². The minimum absolute atomic E-state index is 0.0246. The minimum atomic E-state index is -4.08. The van der Waals surface area contributed by atoms with Crippen LogP contribution < -0.4 is 0 Å². The summed E-state index contributed by atoms with van der Waals surface area (Å²) in [7, 11) is -8.03. The summed E-state index contributed by atoms with van der Waals surface area (Å²) in [6.07, 6.45) is 0. The van der Waals surface area contributed by atoms with Gasteiger partial charge in [-0.15, -0.1) is 0 Å². The van der Waals surface area contributed by atoms with Gasteiger partial charge in [-0.25, -0.2) is 16.8 Å². The molecule has 27 heavy (non-hydrogen) atoms. The lowest BCUT2D eigenvalue weighted by molar-refractivity contribution is 0.457. The van der Waals surface area contributed by atoms with Crippen molar-refractivity contribution >= 4 is 19.7 Å². The molecule has 7 heteroatoms. The van der Waals surface area contributed by atoms with Crippen LogP contribution in [0.4, 0.5) is 0 Å². The fourth-order valence-electron chi connectivity index (χ4n) is 2.86. The van der Waals surface area contributed by atoms with Gasteiger partial charge in [-0.05, 0) is 55.3 Å². The normalized spacial score (nSPS) is 12.1. The first-order chi connectivity index (χ1) is 12.7. The molecule has 3 aromatic rings. The van der Waals surface area contributed by atoms with Crippen molar-refractivity contribution in [2.75, 3.05) is 0 Å². The molecule has 140 valence electrons. The smallest absolute Gasteiger partial charge is 0.210 e. The van der Waals surface area contributed by atoms with E-state index in [9.17, 15) is 21.9 Å². The van der Waals surface area contributed by atoms with Gasteiger partial charge in [-0.1, -0.05) is 36.4 Å². The van der Waals surface area contributed by atoms with Gasteiger partial charge in [-0.3, -0.25) is 0 Å². The molecule has 0 aromatic heterocycles. The van der Waals surface area contributed by atoms with E-state index >= 15 is 0 Å². The van der Waals surface area contributed by atoms with E-state index in [1.165, 1.54) is 31.2 Å². The van der Waals surface area contributed by atoms with E-state index in [1.54, 1.807) is 43.3 Å². The number of phenols is 1. The zero-order chi connectivity index (χ0) is 19.8. The quantitative estimate of drug-likeness (QED) is 0.719. The lowest BCUT2D eigenvalue weighted by Crippen LogP contribution is -2.09. The van der Waals surface area contributed by atoms with E-state index in [-0.39, 0.29) is 20.2 Å². The topological polar surface area (TPSA) is 88.5 Å². The zero-order valence-electron chi connectivity index (χ0n) is 14.7. The molecule has 0 atom stereocenters. The predicted octanol–water partition coefficient (Wildman–Crippen LogP) is 3.67. The van der Waals surface area contributed by atoms with Crippen LogP contribution in [-0.2, 0) is 19.7 Å². The van der Waals surface area contributed by atoms with Crippen molar-refractivity contribution in [1.29, 1.82) is 0 Å². The van der Waals surface area contributed by atoms with Crippen LogP contribution in [0.2, 0.25) is 0 Å². The highest BCUT2D eigenvalue weighted by molar-refractivity contribution is 7.92. The zero-order valence-corrected chi connectivity index (χ0v) is 16.4. The molecule has 0 unspecified atom stereocenters. The van der Waals surface area contributed by atoms with Gasteiger partial charge in [0.15, 0.2) is 0 Å². The van der Waals surface area contributed by atoms with Gasteiger partial charge in [-0.2, -0.15) is 0 Å². The summed E-state index contributed by atoms with van der Waals surface area (Å²) in [6.45, 7) is 3.19. The van der Waals surface area contributed by atoms with Gasteiger partial charge in [0.2, 0.25) is 19.7 Å². The van der Waals surface area contributed by atoms with Gasteiger partial charge < -0.3 is 5.11 Å². The van der Waals surface area contributed by atoms with Crippen LogP contribution in [0.5, 0.6) is 5.75 Å². The molecule has 0 heterocycles. The average molecular weight is 402 g/mol. The molecule has 1 N–H and O–H groups in total. The molecule has 0 saturated carbocycles. The second-order valence-electron chi connectivity index (χ2n) is 6.17. The van der Waals surface area contributed by atoms with Crippen LogP contribution in [0.15, 0.2) is 86.3 Å². The third-order valence-electron chi connectivity index (χ3n) is 4.27. The minimum Gasteiger partial charge on any atom is -0.507 e. The maximum absolute atomic E-state index is 13.1. The molecular weight excluding hydrogens is 384 g/mol. The van der Waals surface area contributed by atoms with Crippen LogP contribution in [0, 0.1) is 13.8 Å². The number of aryl methyl sites for hydroxylation is 2. The highest BCUT2D eigenvalue weighted by Gasteiger charge is 2.28. The number of hydrogen-bond acceptors (Lipinski definition) is 5. The van der Waals surface area contributed by atoms with Gasteiger partial charge in [0.1, 0.15) is 10.6 Å². The molecule has 5 nitrogen and oxygen atoms in total.